The lowest BCUT2D eigenvalue weighted by Crippen LogP contribution is -2.39. The Morgan fingerprint density at radius 1 is 1.09 bits per heavy atom. The molecule has 2 aromatic carbocycles. The van der Waals surface area contributed by atoms with Crippen molar-refractivity contribution in [3.05, 3.63) is 60.2 Å². The van der Waals surface area contributed by atoms with Gasteiger partial charge in [0.15, 0.2) is 0 Å². The van der Waals surface area contributed by atoms with E-state index in [1.54, 1.807) is 0 Å². The highest BCUT2D eigenvalue weighted by atomic mass is 16.5. The standard InChI is InChI=1S/C18H18N2O2/c21-18-16-10-14(22-17-9-5-4-8-15(17)19-18)12-20(16)11-13-6-2-1-3-7-13/h1-9,14,16H,10-12H2,(H,19,21)/t14-,16-/m0/s1. The van der Waals surface area contributed by atoms with Crippen molar-refractivity contribution in [3.8, 4) is 5.75 Å². The van der Waals surface area contributed by atoms with Gasteiger partial charge in [-0.1, -0.05) is 42.5 Å². The lowest BCUT2D eigenvalue weighted by atomic mass is 10.1. The van der Waals surface area contributed by atoms with E-state index in [-0.39, 0.29) is 18.1 Å². The molecule has 0 unspecified atom stereocenters. The Bertz CT molecular complexity index is 686. The van der Waals surface area contributed by atoms with E-state index < -0.39 is 0 Å². The van der Waals surface area contributed by atoms with Crippen molar-refractivity contribution in [3.63, 3.8) is 0 Å². The number of nitrogens with zero attached hydrogens (tertiary/aromatic N) is 1. The maximum atomic E-state index is 12.6. The SMILES string of the molecule is O=C1Nc2ccccc2O[C@H]2C[C@@H]1N(Cc1ccccc1)C2. The van der Waals surface area contributed by atoms with Gasteiger partial charge in [-0.05, 0) is 17.7 Å². The summed E-state index contributed by atoms with van der Waals surface area (Å²) in [6, 6.07) is 17.8. The van der Waals surface area contributed by atoms with Gasteiger partial charge in [0.2, 0.25) is 5.91 Å². The molecule has 2 aromatic rings. The number of benzene rings is 2. The zero-order valence-corrected chi connectivity index (χ0v) is 12.2. The summed E-state index contributed by atoms with van der Waals surface area (Å²) >= 11 is 0. The van der Waals surface area contributed by atoms with Crippen molar-refractivity contribution in [1.82, 2.24) is 4.90 Å². The lowest BCUT2D eigenvalue weighted by molar-refractivity contribution is -0.120. The fourth-order valence-corrected chi connectivity index (χ4v) is 3.28. The van der Waals surface area contributed by atoms with Crippen LogP contribution in [0.1, 0.15) is 12.0 Å². The summed E-state index contributed by atoms with van der Waals surface area (Å²) < 4.78 is 6.09. The van der Waals surface area contributed by atoms with E-state index in [0.717, 1.165) is 30.9 Å². The van der Waals surface area contributed by atoms with E-state index in [1.165, 1.54) is 5.56 Å². The normalized spacial score (nSPS) is 23.9. The van der Waals surface area contributed by atoms with Crippen LogP contribution in [0.15, 0.2) is 54.6 Å². The van der Waals surface area contributed by atoms with Gasteiger partial charge in [-0.2, -0.15) is 0 Å². The molecular formula is C18H18N2O2. The van der Waals surface area contributed by atoms with E-state index in [1.807, 2.05) is 42.5 Å². The molecule has 1 saturated heterocycles. The van der Waals surface area contributed by atoms with Crippen molar-refractivity contribution in [2.24, 2.45) is 0 Å². The van der Waals surface area contributed by atoms with Crippen LogP contribution in [0, 0.1) is 0 Å². The van der Waals surface area contributed by atoms with Crippen LogP contribution in [0.3, 0.4) is 0 Å². The first-order chi connectivity index (χ1) is 10.8. The average molecular weight is 294 g/mol. The molecule has 2 aliphatic rings. The Morgan fingerprint density at radius 3 is 2.73 bits per heavy atom. The number of carbonyl (C=O) groups excluding carboxylic acids is 1. The highest BCUT2D eigenvalue weighted by Crippen LogP contribution is 2.33. The number of nitrogens with one attached hydrogen (secondary N) is 1. The molecule has 0 aromatic heterocycles. The number of fused-ring (bicyclic) bond motifs is 3. The first-order valence-corrected chi connectivity index (χ1v) is 7.64. The molecule has 4 nitrogen and oxygen atoms in total. The maximum Gasteiger partial charge on any atom is 0.241 e. The lowest BCUT2D eigenvalue weighted by Gasteiger charge is -2.23. The molecule has 1 amide bonds. The van der Waals surface area contributed by atoms with Crippen LogP contribution in [-0.2, 0) is 11.3 Å². The molecule has 0 radical (unpaired) electrons. The number of ether oxygens (including phenoxy) is 1. The number of hydrogen-bond donors (Lipinski definition) is 1. The predicted molar refractivity (Wildman–Crippen MR) is 84.7 cm³/mol. The molecule has 2 bridgehead atoms. The van der Waals surface area contributed by atoms with Gasteiger partial charge in [0.1, 0.15) is 11.9 Å². The maximum absolute atomic E-state index is 12.6. The smallest absolute Gasteiger partial charge is 0.241 e. The highest BCUT2D eigenvalue weighted by Gasteiger charge is 2.39. The van der Waals surface area contributed by atoms with E-state index in [4.69, 9.17) is 4.74 Å². The molecule has 22 heavy (non-hydrogen) atoms. The summed E-state index contributed by atoms with van der Waals surface area (Å²) in [5.41, 5.74) is 1.99. The van der Waals surface area contributed by atoms with Crippen LogP contribution in [0.2, 0.25) is 0 Å². The Morgan fingerprint density at radius 2 is 1.86 bits per heavy atom. The molecule has 1 N–H and O–H groups in total. The molecule has 2 atom stereocenters. The number of anilines is 1. The second kappa shape index (κ2) is 5.46. The second-order valence-corrected chi connectivity index (χ2v) is 5.89. The fourth-order valence-electron chi connectivity index (χ4n) is 3.28. The average Bonchev–Trinajstić information content (AvgIpc) is 2.93. The minimum Gasteiger partial charge on any atom is -0.487 e. The van der Waals surface area contributed by atoms with Gasteiger partial charge in [0, 0.05) is 19.5 Å². The molecule has 112 valence electrons. The molecule has 2 heterocycles. The molecule has 1 fully saturated rings. The molecule has 0 spiro atoms. The van der Waals surface area contributed by atoms with Gasteiger partial charge in [-0.15, -0.1) is 0 Å². The van der Waals surface area contributed by atoms with Gasteiger partial charge in [0.25, 0.3) is 0 Å². The first-order valence-electron chi connectivity index (χ1n) is 7.64. The zero-order valence-electron chi connectivity index (χ0n) is 12.2. The van der Waals surface area contributed by atoms with Gasteiger partial charge < -0.3 is 10.1 Å². The van der Waals surface area contributed by atoms with Crippen LogP contribution in [0.5, 0.6) is 5.75 Å². The van der Waals surface area contributed by atoms with E-state index in [2.05, 4.69) is 22.3 Å². The summed E-state index contributed by atoms with van der Waals surface area (Å²) in [5.74, 6) is 0.829. The van der Waals surface area contributed by atoms with E-state index in [0.29, 0.717) is 0 Å². The van der Waals surface area contributed by atoms with Crippen molar-refractivity contribution < 1.29 is 9.53 Å². The van der Waals surface area contributed by atoms with Crippen LogP contribution in [0.4, 0.5) is 5.69 Å². The van der Waals surface area contributed by atoms with Gasteiger partial charge in [-0.25, -0.2) is 0 Å². The van der Waals surface area contributed by atoms with Crippen LogP contribution < -0.4 is 10.1 Å². The minimum absolute atomic E-state index is 0.0641. The molecule has 2 aliphatic heterocycles. The largest absolute Gasteiger partial charge is 0.487 e. The summed E-state index contributed by atoms with van der Waals surface area (Å²) in [6.45, 7) is 1.55. The monoisotopic (exact) mass is 294 g/mol. The third kappa shape index (κ3) is 2.46. The molecule has 0 saturated carbocycles. The second-order valence-electron chi connectivity index (χ2n) is 5.89. The summed E-state index contributed by atoms with van der Waals surface area (Å²) in [5, 5.41) is 3.00. The van der Waals surface area contributed by atoms with E-state index >= 15 is 0 Å². The van der Waals surface area contributed by atoms with Crippen LogP contribution in [-0.4, -0.2) is 29.5 Å². The van der Waals surface area contributed by atoms with Crippen molar-refractivity contribution in [1.29, 1.82) is 0 Å². The van der Waals surface area contributed by atoms with E-state index in [9.17, 15) is 4.79 Å². The Hall–Kier alpha value is -2.33. The summed E-state index contributed by atoms with van der Waals surface area (Å²) in [6.07, 6.45) is 0.813. The molecule has 4 rings (SSSR count). The highest BCUT2D eigenvalue weighted by molar-refractivity contribution is 5.96. The minimum atomic E-state index is -0.126. The molecular weight excluding hydrogens is 276 g/mol. The van der Waals surface area contributed by atoms with Gasteiger partial charge >= 0.3 is 0 Å². The third-order valence-electron chi connectivity index (χ3n) is 4.33. The zero-order chi connectivity index (χ0) is 14.9. The topological polar surface area (TPSA) is 41.6 Å². The fraction of sp³-hybridized carbons (Fsp3) is 0.278. The van der Waals surface area contributed by atoms with Gasteiger partial charge in [-0.3, -0.25) is 9.69 Å². The molecule has 0 aliphatic carbocycles. The summed E-state index contributed by atoms with van der Waals surface area (Å²) in [7, 11) is 0. The quantitative estimate of drug-likeness (QED) is 0.926. The van der Waals surface area contributed by atoms with Crippen LogP contribution in [0.25, 0.3) is 0 Å². The first kappa shape index (κ1) is 13.3. The number of para-hydroxylation sites is 2. The number of hydrogen-bond acceptors (Lipinski definition) is 3. The predicted octanol–water partition coefficient (Wildman–Crippen LogP) is 2.66. The van der Waals surface area contributed by atoms with Gasteiger partial charge in [0.05, 0.1) is 11.7 Å². The number of amides is 1. The third-order valence-corrected chi connectivity index (χ3v) is 4.33. The van der Waals surface area contributed by atoms with Crippen LogP contribution >= 0.6 is 0 Å². The molecule has 4 heteroatoms. The number of likely N-dealkylation sites (tertiary alicyclic amines) is 1. The summed E-state index contributed by atoms with van der Waals surface area (Å²) in [4.78, 5) is 14.8. The Labute approximate surface area is 129 Å². The Kier molecular flexibility index (Phi) is 3.31. The van der Waals surface area contributed by atoms with Crippen molar-refractivity contribution >= 4 is 11.6 Å². The van der Waals surface area contributed by atoms with Crippen molar-refractivity contribution in [2.75, 3.05) is 11.9 Å². The van der Waals surface area contributed by atoms with Crippen molar-refractivity contribution in [2.45, 2.75) is 25.1 Å². The number of rotatable bonds is 2. The Balaban J connectivity index is 1.59. The number of carbonyl (C=O) groups is 1.